The normalized spacial score (nSPS) is 30.6. The number of nitrogens with zero attached hydrogens (tertiary/aromatic N) is 1. The van der Waals surface area contributed by atoms with E-state index in [1.807, 2.05) is 38.1 Å². The SMILES string of the molecule is CCOC(=O)[C@H]1[C@]2(O[Si](C(C)C)(C(C)C)C(C)C)C=C3[C@@H](O2)[C@]1(C(=O)OCC)c1cccc2c1[C@@H](C(=O)N2C)C3(C)C. The molecule has 9 heteroatoms. The molecule has 1 amide bonds. The van der Waals surface area contributed by atoms with Crippen LogP contribution in [-0.2, 0) is 38.4 Å². The van der Waals surface area contributed by atoms with Crippen molar-refractivity contribution in [3.63, 3.8) is 0 Å². The summed E-state index contributed by atoms with van der Waals surface area (Å²) in [5.41, 5.74) is 1.10. The minimum absolute atomic E-state index is 0.0509. The molecule has 0 aromatic heterocycles. The van der Waals surface area contributed by atoms with Crippen molar-refractivity contribution in [2.75, 3.05) is 25.2 Å². The van der Waals surface area contributed by atoms with Crippen molar-refractivity contribution in [2.24, 2.45) is 11.3 Å². The number of esters is 2. The second-order valence-corrected chi connectivity index (χ2v) is 19.2. The highest BCUT2D eigenvalue weighted by Crippen LogP contribution is 2.70. The molecule has 1 saturated heterocycles. The molecule has 2 bridgehead atoms. The zero-order chi connectivity index (χ0) is 31.2. The number of hydrogen-bond donors (Lipinski definition) is 0. The lowest BCUT2D eigenvalue weighted by atomic mass is 9.59. The highest BCUT2D eigenvalue weighted by atomic mass is 28.4. The van der Waals surface area contributed by atoms with Gasteiger partial charge in [0, 0.05) is 18.2 Å². The van der Waals surface area contributed by atoms with Crippen LogP contribution < -0.4 is 4.90 Å². The summed E-state index contributed by atoms with van der Waals surface area (Å²) in [6.07, 6.45) is 1.08. The third-order valence-corrected chi connectivity index (χ3v) is 16.7. The van der Waals surface area contributed by atoms with E-state index < -0.39 is 54.8 Å². The van der Waals surface area contributed by atoms with E-state index in [-0.39, 0.29) is 35.7 Å². The van der Waals surface area contributed by atoms with Crippen molar-refractivity contribution in [3.05, 3.63) is 41.0 Å². The van der Waals surface area contributed by atoms with Crippen molar-refractivity contribution in [1.82, 2.24) is 0 Å². The van der Waals surface area contributed by atoms with Gasteiger partial charge in [-0.05, 0) is 59.3 Å². The maximum absolute atomic E-state index is 14.6. The molecule has 1 fully saturated rings. The van der Waals surface area contributed by atoms with Gasteiger partial charge in [-0.25, -0.2) is 0 Å². The molecule has 3 aliphatic heterocycles. The Morgan fingerprint density at radius 1 is 1.00 bits per heavy atom. The van der Waals surface area contributed by atoms with Crippen molar-refractivity contribution in [3.8, 4) is 0 Å². The van der Waals surface area contributed by atoms with Gasteiger partial charge in [0.15, 0.2) is 5.79 Å². The number of anilines is 1. The van der Waals surface area contributed by atoms with Gasteiger partial charge in [-0.3, -0.25) is 14.4 Å². The summed E-state index contributed by atoms with van der Waals surface area (Å²) in [5.74, 6) is -4.46. The zero-order valence-electron chi connectivity index (χ0n) is 27.0. The van der Waals surface area contributed by atoms with Crippen LogP contribution in [0.2, 0.25) is 16.6 Å². The average molecular weight is 598 g/mol. The first kappa shape index (κ1) is 30.9. The molecule has 4 aliphatic rings. The summed E-state index contributed by atoms with van der Waals surface area (Å²) in [7, 11) is -0.936. The number of likely N-dealkylation sites (N-methyl/N-ethyl adjacent to an activating group) is 1. The van der Waals surface area contributed by atoms with Gasteiger partial charge in [0.05, 0.1) is 19.1 Å². The molecule has 0 saturated carbocycles. The molecule has 1 aromatic rings. The molecule has 5 atom stereocenters. The summed E-state index contributed by atoms with van der Waals surface area (Å²) in [5, 5.41) is 0. The molecule has 5 rings (SSSR count). The first-order valence-electron chi connectivity index (χ1n) is 15.5. The van der Waals surface area contributed by atoms with Gasteiger partial charge in [0.2, 0.25) is 14.2 Å². The summed E-state index contributed by atoms with van der Waals surface area (Å²) in [6, 6.07) is 5.62. The molecule has 0 radical (unpaired) electrons. The summed E-state index contributed by atoms with van der Waals surface area (Å²) >= 11 is 0. The number of rotatable bonds is 9. The minimum Gasteiger partial charge on any atom is -0.466 e. The Balaban J connectivity index is 1.92. The van der Waals surface area contributed by atoms with Gasteiger partial charge >= 0.3 is 11.9 Å². The number of hydrogen-bond acceptors (Lipinski definition) is 7. The van der Waals surface area contributed by atoms with Crippen molar-refractivity contribution in [2.45, 2.75) is 109 Å². The number of carbonyl (C=O) groups is 3. The van der Waals surface area contributed by atoms with Crippen LogP contribution in [0, 0.1) is 11.3 Å². The summed E-state index contributed by atoms with van der Waals surface area (Å²) in [4.78, 5) is 44.6. The van der Waals surface area contributed by atoms with E-state index in [2.05, 4.69) is 41.5 Å². The van der Waals surface area contributed by atoms with E-state index in [4.69, 9.17) is 18.6 Å². The Morgan fingerprint density at radius 3 is 2.14 bits per heavy atom. The maximum atomic E-state index is 14.6. The molecule has 0 unspecified atom stereocenters. The summed E-state index contributed by atoms with van der Waals surface area (Å²) in [6.45, 7) is 20.9. The predicted octanol–water partition coefficient (Wildman–Crippen LogP) is 5.99. The first-order chi connectivity index (χ1) is 19.6. The third kappa shape index (κ3) is 3.62. The second kappa shape index (κ2) is 10.0. The molecule has 3 heterocycles. The lowest BCUT2D eigenvalue weighted by Gasteiger charge is -2.49. The average Bonchev–Trinajstić information content (AvgIpc) is 3.51. The Bertz CT molecular complexity index is 1330. The molecular weight excluding hydrogens is 550 g/mol. The fourth-order valence-corrected chi connectivity index (χ4v) is 14.5. The van der Waals surface area contributed by atoms with Gasteiger partial charge in [-0.1, -0.05) is 67.5 Å². The Kier molecular flexibility index (Phi) is 7.39. The molecule has 8 nitrogen and oxygen atoms in total. The number of carbonyl (C=O) groups excluding carboxylic acids is 3. The molecule has 42 heavy (non-hydrogen) atoms. The van der Waals surface area contributed by atoms with Crippen LogP contribution in [0.3, 0.4) is 0 Å². The van der Waals surface area contributed by atoms with Gasteiger partial charge in [-0.15, -0.1) is 0 Å². The highest BCUT2D eigenvalue weighted by Gasteiger charge is 2.80. The minimum atomic E-state index is -2.70. The van der Waals surface area contributed by atoms with E-state index in [0.29, 0.717) is 5.56 Å². The molecule has 230 valence electrons. The van der Waals surface area contributed by atoms with Crippen molar-refractivity contribution < 1.29 is 33.0 Å². The van der Waals surface area contributed by atoms with Crippen molar-refractivity contribution >= 4 is 31.9 Å². The Morgan fingerprint density at radius 2 is 1.60 bits per heavy atom. The van der Waals surface area contributed by atoms with Crippen LogP contribution in [0.1, 0.15) is 86.3 Å². The number of fused-ring (bicyclic) bond motifs is 2. The lowest BCUT2D eigenvalue weighted by molar-refractivity contribution is -0.179. The van der Waals surface area contributed by atoms with Crippen LogP contribution in [0.15, 0.2) is 29.8 Å². The topological polar surface area (TPSA) is 91.4 Å². The Hall–Kier alpha value is -2.49. The first-order valence-corrected chi connectivity index (χ1v) is 17.6. The fourth-order valence-electron chi connectivity index (χ4n) is 9.04. The van der Waals surface area contributed by atoms with Crippen LogP contribution in [0.4, 0.5) is 5.69 Å². The fraction of sp³-hybridized carbons (Fsp3) is 0.667. The third-order valence-electron chi connectivity index (χ3n) is 10.6. The van der Waals surface area contributed by atoms with E-state index in [1.165, 1.54) is 0 Å². The summed E-state index contributed by atoms with van der Waals surface area (Å²) < 4.78 is 26.1. The van der Waals surface area contributed by atoms with E-state index >= 15 is 0 Å². The van der Waals surface area contributed by atoms with E-state index in [1.54, 1.807) is 25.8 Å². The second-order valence-electron chi connectivity index (χ2n) is 13.8. The monoisotopic (exact) mass is 597 g/mol. The highest BCUT2D eigenvalue weighted by molar-refractivity contribution is 6.77. The van der Waals surface area contributed by atoms with Crippen LogP contribution >= 0.6 is 0 Å². The van der Waals surface area contributed by atoms with Gasteiger partial charge in [-0.2, -0.15) is 0 Å². The molecule has 0 spiro atoms. The predicted molar refractivity (Wildman–Crippen MR) is 163 cm³/mol. The van der Waals surface area contributed by atoms with E-state index in [0.717, 1.165) is 16.8 Å². The van der Waals surface area contributed by atoms with Crippen LogP contribution in [-0.4, -0.2) is 58.3 Å². The lowest BCUT2D eigenvalue weighted by Crippen LogP contribution is -2.62. The molecular formula is C33H47NO7Si. The van der Waals surface area contributed by atoms with Gasteiger partial charge < -0.3 is 23.5 Å². The van der Waals surface area contributed by atoms with Gasteiger partial charge in [0.1, 0.15) is 17.4 Å². The van der Waals surface area contributed by atoms with Crippen LogP contribution in [0.25, 0.3) is 0 Å². The zero-order valence-corrected chi connectivity index (χ0v) is 28.0. The molecule has 0 N–H and O–H groups in total. The quantitative estimate of drug-likeness (QED) is 0.196. The van der Waals surface area contributed by atoms with Gasteiger partial charge in [0.25, 0.3) is 0 Å². The smallest absolute Gasteiger partial charge is 0.320 e. The maximum Gasteiger partial charge on any atom is 0.320 e. The molecule has 1 aliphatic carbocycles. The Labute approximate surface area is 251 Å². The standard InChI is InChI=1S/C33H47NO7Si/c1-12-38-29(36)26-32(41-42(18(3)4,19(5)6)20(7)8)17-22-27(40-32)33(26,30(37)39-13-2)21-15-14-16-23-24(21)25(31(22,9)10)28(35)34(23)11/h14-20,25-27H,12-13H2,1-11H3/t25-,26-,27+,32+,33-/m0/s1. The largest absolute Gasteiger partial charge is 0.466 e. The number of amides is 1. The number of benzene rings is 1. The van der Waals surface area contributed by atoms with Crippen molar-refractivity contribution in [1.29, 1.82) is 0 Å². The van der Waals surface area contributed by atoms with E-state index in [9.17, 15) is 14.4 Å². The van der Waals surface area contributed by atoms with Crippen LogP contribution in [0.5, 0.6) is 0 Å². The molecule has 1 aromatic carbocycles. The number of ether oxygens (including phenoxy) is 3.